The van der Waals surface area contributed by atoms with Gasteiger partial charge in [0.25, 0.3) is 0 Å². The molecule has 0 aromatic heterocycles. The van der Waals surface area contributed by atoms with Gasteiger partial charge in [0, 0.05) is 44.2 Å². The van der Waals surface area contributed by atoms with Crippen LogP contribution in [0.15, 0.2) is 18.2 Å². The van der Waals surface area contributed by atoms with Crippen molar-refractivity contribution in [2.75, 3.05) is 32.8 Å². The van der Waals surface area contributed by atoms with Gasteiger partial charge in [-0.25, -0.2) is 8.78 Å². The summed E-state index contributed by atoms with van der Waals surface area (Å²) in [5, 5.41) is 12.9. The normalized spacial score (nSPS) is 18.1. The Morgan fingerprint density at radius 3 is 2.38 bits per heavy atom. The van der Waals surface area contributed by atoms with Crippen LogP contribution in [0.5, 0.6) is 0 Å². The maximum Gasteiger partial charge on any atom is 0.159 e. The maximum atomic E-state index is 13.5. The number of aliphatic hydroxyl groups excluding tert-OH is 1. The minimum atomic E-state index is -0.838. The van der Waals surface area contributed by atoms with Crippen molar-refractivity contribution in [2.24, 2.45) is 5.41 Å². The number of halogens is 3. The molecule has 1 aliphatic heterocycles. The summed E-state index contributed by atoms with van der Waals surface area (Å²) in [6.45, 7) is 7.26. The van der Waals surface area contributed by atoms with Crippen molar-refractivity contribution in [1.82, 2.24) is 10.2 Å². The minimum Gasteiger partial charge on any atom is -0.396 e. The summed E-state index contributed by atoms with van der Waals surface area (Å²) in [6, 6.07) is 3.89. The van der Waals surface area contributed by atoms with Crippen molar-refractivity contribution in [3.05, 3.63) is 35.4 Å². The molecule has 0 bridgehead atoms. The molecule has 2 N–H and O–H groups in total. The van der Waals surface area contributed by atoms with Gasteiger partial charge in [-0.3, -0.25) is 4.90 Å². The summed E-state index contributed by atoms with van der Waals surface area (Å²) in [5.41, 5.74) is 0.284. The first-order valence-electron chi connectivity index (χ1n) is 6.96. The van der Waals surface area contributed by atoms with Crippen molar-refractivity contribution in [2.45, 2.75) is 19.9 Å². The topological polar surface area (TPSA) is 35.5 Å². The van der Waals surface area contributed by atoms with Crippen LogP contribution in [-0.2, 0) is 0 Å². The van der Waals surface area contributed by atoms with Gasteiger partial charge < -0.3 is 10.4 Å². The fourth-order valence-electron chi connectivity index (χ4n) is 2.87. The molecule has 1 fully saturated rings. The second-order valence-corrected chi connectivity index (χ2v) is 6.01. The van der Waals surface area contributed by atoms with Crippen molar-refractivity contribution < 1.29 is 13.9 Å². The van der Waals surface area contributed by atoms with Crippen LogP contribution in [0.2, 0.25) is 0 Å². The summed E-state index contributed by atoms with van der Waals surface area (Å²) in [4.78, 5) is 2.22. The highest BCUT2D eigenvalue weighted by molar-refractivity contribution is 5.85. The molecule has 120 valence electrons. The first-order chi connectivity index (χ1) is 9.45. The third-order valence-electron chi connectivity index (χ3n) is 3.92. The average Bonchev–Trinajstić information content (AvgIpc) is 2.44. The Bertz CT molecular complexity index is 465. The quantitative estimate of drug-likeness (QED) is 0.894. The molecular weight excluding hydrogens is 298 g/mol. The predicted octanol–water partition coefficient (Wildman–Crippen LogP) is 2.35. The van der Waals surface area contributed by atoms with Crippen molar-refractivity contribution >= 4 is 12.4 Å². The number of benzene rings is 1. The van der Waals surface area contributed by atoms with Crippen LogP contribution in [0.1, 0.15) is 25.5 Å². The lowest BCUT2D eigenvalue weighted by Crippen LogP contribution is -2.49. The van der Waals surface area contributed by atoms with E-state index < -0.39 is 17.0 Å². The molecule has 0 amide bonds. The summed E-state index contributed by atoms with van der Waals surface area (Å²) < 4.78 is 26.7. The fraction of sp³-hybridized carbons (Fsp3) is 0.600. The molecule has 21 heavy (non-hydrogen) atoms. The van der Waals surface area contributed by atoms with Crippen molar-refractivity contribution in [3.8, 4) is 0 Å². The molecule has 0 aliphatic carbocycles. The Labute approximate surface area is 130 Å². The monoisotopic (exact) mass is 320 g/mol. The lowest BCUT2D eigenvalue weighted by Gasteiger charge is -2.43. The molecular formula is C15H23ClF2N2O. The van der Waals surface area contributed by atoms with Crippen molar-refractivity contribution in [1.29, 1.82) is 0 Å². The molecule has 0 unspecified atom stereocenters. The second kappa shape index (κ2) is 7.49. The van der Waals surface area contributed by atoms with Crippen LogP contribution in [-0.4, -0.2) is 42.8 Å². The van der Waals surface area contributed by atoms with Gasteiger partial charge in [0.15, 0.2) is 11.6 Å². The van der Waals surface area contributed by atoms with E-state index in [4.69, 9.17) is 0 Å². The zero-order chi connectivity index (χ0) is 14.8. The number of rotatable bonds is 4. The summed E-state index contributed by atoms with van der Waals surface area (Å²) in [5.74, 6) is -1.68. The molecule has 2 rings (SSSR count). The van der Waals surface area contributed by atoms with Gasteiger partial charge in [-0.1, -0.05) is 19.9 Å². The van der Waals surface area contributed by atoms with E-state index in [1.54, 1.807) is 6.07 Å². The highest BCUT2D eigenvalue weighted by atomic mass is 35.5. The summed E-state index contributed by atoms with van der Waals surface area (Å²) in [6.07, 6.45) is 0. The summed E-state index contributed by atoms with van der Waals surface area (Å²) in [7, 11) is 0. The smallest absolute Gasteiger partial charge is 0.159 e. The van der Waals surface area contributed by atoms with Crippen LogP contribution in [0.25, 0.3) is 0 Å². The Kier molecular flexibility index (Phi) is 6.53. The van der Waals surface area contributed by atoms with E-state index in [1.165, 1.54) is 6.07 Å². The number of piperazine rings is 1. The fourth-order valence-corrected chi connectivity index (χ4v) is 2.87. The zero-order valence-corrected chi connectivity index (χ0v) is 13.2. The number of hydrogen-bond acceptors (Lipinski definition) is 3. The molecule has 0 spiro atoms. The van der Waals surface area contributed by atoms with Gasteiger partial charge in [-0.15, -0.1) is 12.4 Å². The van der Waals surface area contributed by atoms with E-state index in [0.717, 1.165) is 32.2 Å². The molecule has 0 radical (unpaired) electrons. The van der Waals surface area contributed by atoms with Crippen LogP contribution in [0, 0.1) is 17.0 Å². The molecule has 3 nitrogen and oxygen atoms in total. The van der Waals surface area contributed by atoms with Crippen LogP contribution in [0.3, 0.4) is 0 Å². The lowest BCUT2D eigenvalue weighted by atomic mass is 9.79. The van der Waals surface area contributed by atoms with Gasteiger partial charge >= 0.3 is 0 Å². The predicted molar refractivity (Wildman–Crippen MR) is 81.7 cm³/mol. The molecule has 1 aromatic carbocycles. The third-order valence-corrected chi connectivity index (χ3v) is 3.92. The van der Waals surface area contributed by atoms with E-state index in [-0.39, 0.29) is 25.1 Å². The molecule has 1 atom stereocenters. The Hall–Kier alpha value is -0.750. The van der Waals surface area contributed by atoms with E-state index in [0.29, 0.717) is 5.56 Å². The van der Waals surface area contributed by atoms with Gasteiger partial charge in [-0.05, 0) is 17.7 Å². The lowest BCUT2D eigenvalue weighted by molar-refractivity contribution is 0.0303. The Morgan fingerprint density at radius 1 is 1.24 bits per heavy atom. The molecule has 1 heterocycles. The SMILES string of the molecule is CC(C)(CO)[C@@H](c1ccc(F)c(F)c1)N1CCNCC1.Cl. The first kappa shape index (κ1) is 18.3. The standard InChI is InChI=1S/C15H22F2N2O.ClH/c1-15(2,10-20)14(19-7-5-18-6-8-19)11-3-4-12(16)13(17)9-11;/h3-4,9,14,18,20H,5-8,10H2,1-2H3;1H/t14-;/m1./s1. The average molecular weight is 321 g/mol. The highest BCUT2D eigenvalue weighted by Gasteiger charge is 2.35. The van der Waals surface area contributed by atoms with Gasteiger partial charge in [-0.2, -0.15) is 0 Å². The number of nitrogens with one attached hydrogen (secondary N) is 1. The Balaban J connectivity index is 0.00000220. The summed E-state index contributed by atoms with van der Waals surface area (Å²) >= 11 is 0. The largest absolute Gasteiger partial charge is 0.396 e. The second-order valence-electron chi connectivity index (χ2n) is 6.01. The molecule has 0 saturated carbocycles. The van der Waals surface area contributed by atoms with Gasteiger partial charge in [0.2, 0.25) is 0 Å². The van der Waals surface area contributed by atoms with Crippen LogP contribution < -0.4 is 5.32 Å². The van der Waals surface area contributed by atoms with Crippen LogP contribution >= 0.6 is 12.4 Å². The van der Waals surface area contributed by atoms with E-state index in [1.807, 2.05) is 13.8 Å². The third kappa shape index (κ3) is 4.13. The van der Waals surface area contributed by atoms with Crippen molar-refractivity contribution in [3.63, 3.8) is 0 Å². The van der Waals surface area contributed by atoms with Crippen LogP contribution in [0.4, 0.5) is 8.78 Å². The molecule has 6 heteroatoms. The van der Waals surface area contributed by atoms with E-state index in [9.17, 15) is 13.9 Å². The molecule has 1 aromatic rings. The minimum absolute atomic E-state index is 0. The number of aliphatic hydroxyl groups is 1. The maximum absolute atomic E-state index is 13.5. The zero-order valence-electron chi connectivity index (χ0n) is 12.4. The van der Waals surface area contributed by atoms with E-state index >= 15 is 0 Å². The highest BCUT2D eigenvalue weighted by Crippen LogP contribution is 2.38. The van der Waals surface area contributed by atoms with Gasteiger partial charge in [0.1, 0.15) is 0 Å². The molecule has 1 aliphatic rings. The van der Waals surface area contributed by atoms with Gasteiger partial charge in [0.05, 0.1) is 0 Å². The number of nitrogens with zero attached hydrogens (tertiary/aromatic N) is 1. The molecule has 1 saturated heterocycles. The Morgan fingerprint density at radius 2 is 1.86 bits per heavy atom. The number of hydrogen-bond donors (Lipinski definition) is 2. The first-order valence-corrected chi connectivity index (χ1v) is 6.96. The van der Waals surface area contributed by atoms with E-state index in [2.05, 4.69) is 10.2 Å².